The summed E-state index contributed by atoms with van der Waals surface area (Å²) in [6.45, 7) is 2.39. The average molecular weight is 740 g/mol. The first-order valence-electron chi connectivity index (χ1n) is 20.0. The van der Waals surface area contributed by atoms with Gasteiger partial charge in [-0.2, -0.15) is 0 Å². The van der Waals surface area contributed by atoms with Crippen molar-refractivity contribution in [3.63, 3.8) is 0 Å². The average Bonchev–Trinajstić information content (AvgIpc) is 3.09. The molecular formula is C38H78NO10P. The van der Waals surface area contributed by atoms with Crippen LogP contribution >= 0.6 is 7.82 Å². The molecule has 3 unspecified atom stereocenters. The van der Waals surface area contributed by atoms with Crippen LogP contribution in [0.3, 0.4) is 0 Å². The highest BCUT2D eigenvalue weighted by molar-refractivity contribution is 7.47. The molecule has 11 nitrogen and oxygen atoms in total. The number of carbonyl (C=O) groups excluding carboxylic acids is 2. The standard InChI is InChI=1S/C38H75O10P.H3N/c1-3-5-7-9-11-13-15-17-19-21-23-25-27-29-37(41)45-33-36(34-47-49(43,44)46-32-35(40)31-39)48-38(42)30-28-26-24-22-20-18-16-14-12-10-8-6-4-2;/h35-36,39-40H,3-34H2,1-2H3,(H,43,44);1H3. The van der Waals surface area contributed by atoms with Gasteiger partial charge in [0.05, 0.1) is 19.8 Å². The monoisotopic (exact) mass is 740 g/mol. The van der Waals surface area contributed by atoms with E-state index in [1.807, 2.05) is 0 Å². The van der Waals surface area contributed by atoms with Crippen molar-refractivity contribution in [2.45, 2.75) is 206 Å². The van der Waals surface area contributed by atoms with Crippen LogP contribution in [0.5, 0.6) is 0 Å². The first kappa shape index (κ1) is 51.0. The van der Waals surface area contributed by atoms with Crippen LogP contribution in [0.25, 0.3) is 0 Å². The molecule has 0 fully saturated rings. The Bertz CT molecular complexity index is 804. The number of carbonyl (C=O) groups is 2. The maximum atomic E-state index is 12.5. The Morgan fingerprint density at radius 2 is 0.880 bits per heavy atom. The van der Waals surface area contributed by atoms with Crippen molar-refractivity contribution in [1.82, 2.24) is 6.15 Å². The smallest absolute Gasteiger partial charge is 0.462 e. The summed E-state index contributed by atoms with van der Waals surface area (Å²) < 4.78 is 32.6. The van der Waals surface area contributed by atoms with Crippen molar-refractivity contribution < 1.29 is 47.8 Å². The van der Waals surface area contributed by atoms with Crippen LogP contribution in [0, 0.1) is 0 Å². The fourth-order valence-electron chi connectivity index (χ4n) is 5.64. The zero-order valence-electron chi connectivity index (χ0n) is 32.1. The lowest BCUT2D eigenvalue weighted by Crippen LogP contribution is -2.29. The third-order valence-electron chi connectivity index (χ3n) is 8.76. The van der Waals surface area contributed by atoms with Crippen LogP contribution in [0.1, 0.15) is 194 Å². The van der Waals surface area contributed by atoms with Gasteiger partial charge in [0, 0.05) is 12.8 Å². The minimum absolute atomic E-state index is 0. The molecule has 0 saturated heterocycles. The van der Waals surface area contributed by atoms with E-state index in [0.717, 1.165) is 38.5 Å². The second kappa shape index (κ2) is 37.7. The number of hydrogen-bond donors (Lipinski definition) is 4. The number of phosphoric acid groups is 1. The molecule has 0 aromatic heterocycles. The van der Waals surface area contributed by atoms with Gasteiger partial charge in [0.1, 0.15) is 12.7 Å². The van der Waals surface area contributed by atoms with E-state index in [1.165, 1.54) is 116 Å². The molecule has 0 aliphatic rings. The second-order valence-corrected chi connectivity index (χ2v) is 15.1. The fourth-order valence-corrected chi connectivity index (χ4v) is 6.43. The molecule has 0 spiro atoms. The van der Waals surface area contributed by atoms with Crippen LogP contribution in [-0.4, -0.2) is 65.7 Å². The number of hydrogen-bond acceptors (Lipinski definition) is 10. The molecule has 0 amide bonds. The lowest BCUT2D eigenvalue weighted by atomic mass is 10.0. The van der Waals surface area contributed by atoms with Crippen molar-refractivity contribution >= 4 is 19.8 Å². The van der Waals surface area contributed by atoms with E-state index in [0.29, 0.717) is 12.8 Å². The van der Waals surface area contributed by atoms with Crippen LogP contribution in [0.15, 0.2) is 0 Å². The maximum Gasteiger partial charge on any atom is 0.472 e. The Kier molecular flexibility index (Phi) is 38.5. The molecule has 12 heteroatoms. The number of ether oxygens (including phenoxy) is 2. The molecule has 3 atom stereocenters. The van der Waals surface area contributed by atoms with Gasteiger partial charge in [-0.3, -0.25) is 18.6 Å². The summed E-state index contributed by atoms with van der Waals surface area (Å²) in [5, 5.41) is 18.3. The van der Waals surface area contributed by atoms with E-state index >= 15 is 0 Å². The summed E-state index contributed by atoms with van der Waals surface area (Å²) in [6.07, 6.45) is 29.2. The van der Waals surface area contributed by atoms with Crippen LogP contribution in [0.2, 0.25) is 0 Å². The molecule has 300 valence electrons. The highest BCUT2D eigenvalue weighted by Crippen LogP contribution is 2.43. The number of esters is 2. The SMILES string of the molecule is CCCCCCCCCCCCCCCC(=O)OCC(COP(=O)(O)OCC(O)CO)OC(=O)CCCCCCCCCCCCCCC.N. The van der Waals surface area contributed by atoms with Gasteiger partial charge in [-0.1, -0.05) is 168 Å². The largest absolute Gasteiger partial charge is 0.472 e. The summed E-state index contributed by atoms with van der Waals surface area (Å²) in [5.74, 6) is -0.913. The summed E-state index contributed by atoms with van der Waals surface area (Å²) in [7, 11) is -4.60. The minimum Gasteiger partial charge on any atom is -0.462 e. The van der Waals surface area contributed by atoms with Crippen molar-refractivity contribution in [1.29, 1.82) is 0 Å². The lowest BCUT2D eigenvalue weighted by molar-refractivity contribution is -0.161. The highest BCUT2D eigenvalue weighted by atomic mass is 31.2. The predicted molar refractivity (Wildman–Crippen MR) is 201 cm³/mol. The Morgan fingerprint density at radius 1 is 0.540 bits per heavy atom. The van der Waals surface area contributed by atoms with E-state index in [9.17, 15) is 24.2 Å². The normalized spacial score (nSPS) is 13.7. The van der Waals surface area contributed by atoms with Crippen molar-refractivity contribution in [3.05, 3.63) is 0 Å². The van der Waals surface area contributed by atoms with E-state index in [2.05, 4.69) is 18.4 Å². The first-order valence-corrected chi connectivity index (χ1v) is 21.5. The molecule has 0 aliphatic carbocycles. The lowest BCUT2D eigenvalue weighted by Gasteiger charge is -2.20. The van der Waals surface area contributed by atoms with E-state index < -0.39 is 51.8 Å². The number of aliphatic hydroxyl groups is 2. The molecule has 0 rings (SSSR count). The van der Waals surface area contributed by atoms with E-state index in [1.54, 1.807) is 0 Å². The zero-order valence-corrected chi connectivity index (χ0v) is 33.0. The number of unbranched alkanes of at least 4 members (excludes halogenated alkanes) is 24. The molecule has 0 aliphatic heterocycles. The third-order valence-corrected chi connectivity index (χ3v) is 9.71. The van der Waals surface area contributed by atoms with Gasteiger partial charge in [0.25, 0.3) is 0 Å². The predicted octanol–water partition coefficient (Wildman–Crippen LogP) is 10.1. The fraction of sp³-hybridized carbons (Fsp3) is 0.947. The molecule has 0 heterocycles. The maximum absolute atomic E-state index is 12.5. The molecule has 50 heavy (non-hydrogen) atoms. The van der Waals surface area contributed by atoms with Gasteiger partial charge in [-0.25, -0.2) is 4.57 Å². The molecular weight excluding hydrogens is 661 g/mol. The molecule has 0 radical (unpaired) electrons. The molecule has 0 bridgehead atoms. The topological polar surface area (TPSA) is 184 Å². The van der Waals surface area contributed by atoms with E-state index in [-0.39, 0.29) is 25.6 Å². The quantitative estimate of drug-likeness (QED) is 0.0268. The molecule has 6 N–H and O–H groups in total. The number of phosphoric ester groups is 1. The Hall–Kier alpha value is -1.07. The highest BCUT2D eigenvalue weighted by Gasteiger charge is 2.27. The first-order chi connectivity index (χ1) is 23.7. The van der Waals surface area contributed by atoms with Crippen LogP contribution in [0.4, 0.5) is 0 Å². The summed E-state index contributed by atoms with van der Waals surface area (Å²) in [5.41, 5.74) is 0. The summed E-state index contributed by atoms with van der Waals surface area (Å²) in [6, 6.07) is 0. The van der Waals surface area contributed by atoms with Crippen LogP contribution in [-0.2, 0) is 32.7 Å². The van der Waals surface area contributed by atoms with Gasteiger partial charge in [0.2, 0.25) is 0 Å². The summed E-state index contributed by atoms with van der Waals surface area (Å²) in [4.78, 5) is 34.8. The third kappa shape index (κ3) is 36.7. The minimum atomic E-state index is -4.60. The van der Waals surface area contributed by atoms with Crippen molar-refractivity contribution in [2.24, 2.45) is 0 Å². The van der Waals surface area contributed by atoms with Crippen molar-refractivity contribution in [3.8, 4) is 0 Å². The van der Waals surface area contributed by atoms with Gasteiger partial charge in [-0.15, -0.1) is 0 Å². The molecule has 0 aromatic rings. The van der Waals surface area contributed by atoms with Crippen LogP contribution < -0.4 is 6.15 Å². The van der Waals surface area contributed by atoms with E-state index in [4.69, 9.17) is 19.1 Å². The zero-order chi connectivity index (χ0) is 36.3. The molecule has 0 saturated carbocycles. The number of rotatable bonds is 38. The molecule has 0 aromatic carbocycles. The van der Waals surface area contributed by atoms with Gasteiger partial charge < -0.3 is 30.7 Å². The summed E-state index contributed by atoms with van der Waals surface area (Å²) >= 11 is 0. The second-order valence-electron chi connectivity index (χ2n) is 13.7. The Morgan fingerprint density at radius 3 is 1.26 bits per heavy atom. The Labute approximate surface area is 305 Å². The number of aliphatic hydroxyl groups excluding tert-OH is 2. The Balaban J connectivity index is 0. The van der Waals surface area contributed by atoms with Gasteiger partial charge in [-0.05, 0) is 12.8 Å². The van der Waals surface area contributed by atoms with Crippen molar-refractivity contribution in [2.75, 3.05) is 26.4 Å². The van der Waals surface area contributed by atoms with Gasteiger partial charge >= 0.3 is 19.8 Å². The van der Waals surface area contributed by atoms with Gasteiger partial charge in [0.15, 0.2) is 6.10 Å².